The van der Waals surface area contributed by atoms with Gasteiger partial charge < -0.3 is 24.1 Å². The molecule has 2 aromatic carbocycles. The number of rotatable bonds is 9. The maximum Gasteiger partial charge on any atom is 0.508 e. The van der Waals surface area contributed by atoms with E-state index in [1.165, 1.54) is 12.1 Å². The SMILES string of the molecule is CC(C)(C)OC(=O)OCCOc1nc(C2CC2)nc2c(F)cc(Br)cc12.OCCOc1nc(C2CC2)nc2c(F)cc(Br)cc12. The van der Waals surface area contributed by atoms with Crippen LogP contribution in [0, 0.1) is 11.6 Å². The Bertz CT molecular complexity index is 1710. The van der Waals surface area contributed by atoms with E-state index >= 15 is 0 Å². The fourth-order valence-corrected chi connectivity index (χ4v) is 5.11. The van der Waals surface area contributed by atoms with Crippen molar-refractivity contribution < 1.29 is 37.6 Å². The smallest absolute Gasteiger partial charge is 0.475 e. The van der Waals surface area contributed by atoms with Crippen LogP contribution in [0.5, 0.6) is 11.8 Å². The highest BCUT2D eigenvalue weighted by Crippen LogP contribution is 2.41. The van der Waals surface area contributed by atoms with E-state index in [0.29, 0.717) is 43.2 Å². The summed E-state index contributed by atoms with van der Waals surface area (Å²) >= 11 is 6.51. The molecule has 0 amide bonds. The molecule has 10 nitrogen and oxygen atoms in total. The van der Waals surface area contributed by atoms with Gasteiger partial charge >= 0.3 is 6.16 Å². The van der Waals surface area contributed by atoms with Gasteiger partial charge in [-0.2, -0.15) is 9.97 Å². The third-order valence-electron chi connectivity index (χ3n) is 6.55. The fourth-order valence-electron chi connectivity index (χ4n) is 4.25. The molecule has 1 N–H and O–H groups in total. The van der Waals surface area contributed by atoms with Crippen molar-refractivity contribution in [1.29, 1.82) is 0 Å². The molecular formula is C31H32Br2F2N4O6. The lowest BCUT2D eigenvalue weighted by Crippen LogP contribution is -2.25. The summed E-state index contributed by atoms with van der Waals surface area (Å²) < 4.78 is 50.5. The van der Waals surface area contributed by atoms with Crippen LogP contribution in [0.2, 0.25) is 0 Å². The van der Waals surface area contributed by atoms with Crippen LogP contribution in [0.25, 0.3) is 21.8 Å². The van der Waals surface area contributed by atoms with Gasteiger partial charge in [0.1, 0.15) is 48.1 Å². The van der Waals surface area contributed by atoms with Crippen molar-refractivity contribution in [2.24, 2.45) is 0 Å². The third-order valence-corrected chi connectivity index (χ3v) is 7.46. The van der Waals surface area contributed by atoms with Crippen molar-refractivity contribution >= 4 is 59.8 Å². The zero-order valence-corrected chi connectivity index (χ0v) is 28.1. The number of ether oxygens (including phenoxy) is 4. The molecule has 0 unspecified atom stereocenters. The van der Waals surface area contributed by atoms with E-state index in [-0.39, 0.29) is 49.3 Å². The van der Waals surface area contributed by atoms with Crippen LogP contribution in [0.1, 0.15) is 69.9 Å². The van der Waals surface area contributed by atoms with Gasteiger partial charge in [-0.25, -0.2) is 23.5 Å². The van der Waals surface area contributed by atoms with Crippen molar-refractivity contribution in [3.05, 3.63) is 56.5 Å². The predicted molar refractivity (Wildman–Crippen MR) is 169 cm³/mol. The molecule has 0 atom stereocenters. The molecule has 2 aliphatic carbocycles. The van der Waals surface area contributed by atoms with E-state index in [2.05, 4.69) is 51.8 Å². The Balaban J connectivity index is 0.000000186. The first-order valence-electron chi connectivity index (χ1n) is 14.5. The van der Waals surface area contributed by atoms with Gasteiger partial charge in [0.05, 0.1) is 17.4 Å². The second kappa shape index (κ2) is 14.0. The number of aromatic nitrogens is 4. The van der Waals surface area contributed by atoms with Gasteiger partial charge in [-0.1, -0.05) is 31.9 Å². The van der Waals surface area contributed by atoms with Crippen molar-refractivity contribution in [3.63, 3.8) is 0 Å². The van der Waals surface area contributed by atoms with Crippen LogP contribution in [0.15, 0.2) is 33.2 Å². The lowest BCUT2D eigenvalue weighted by atomic mass is 10.2. The lowest BCUT2D eigenvalue weighted by Gasteiger charge is -2.18. The van der Waals surface area contributed by atoms with Crippen molar-refractivity contribution in [3.8, 4) is 11.8 Å². The van der Waals surface area contributed by atoms with Crippen LogP contribution >= 0.6 is 31.9 Å². The average molecular weight is 754 g/mol. The molecule has 0 radical (unpaired) electrons. The van der Waals surface area contributed by atoms with Crippen molar-refractivity contribution in [2.75, 3.05) is 26.4 Å². The molecule has 240 valence electrons. The van der Waals surface area contributed by atoms with E-state index < -0.39 is 23.4 Å². The highest BCUT2D eigenvalue weighted by Gasteiger charge is 2.29. The summed E-state index contributed by atoms with van der Waals surface area (Å²) in [5.41, 5.74) is -0.120. The highest BCUT2D eigenvalue weighted by atomic mass is 79.9. The van der Waals surface area contributed by atoms with Crippen LogP contribution in [0.4, 0.5) is 13.6 Å². The van der Waals surface area contributed by atoms with Gasteiger partial charge in [-0.05, 0) is 70.7 Å². The third kappa shape index (κ3) is 8.95. The Morgan fingerprint density at radius 1 is 0.800 bits per heavy atom. The zero-order valence-electron chi connectivity index (χ0n) is 24.9. The topological polar surface area (TPSA) is 126 Å². The van der Waals surface area contributed by atoms with Crippen molar-refractivity contribution in [1.82, 2.24) is 19.9 Å². The molecule has 14 heteroatoms. The molecule has 6 rings (SSSR count). The summed E-state index contributed by atoms with van der Waals surface area (Å²) in [6.45, 7) is 5.35. The van der Waals surface area contributed by atoms with Gasteiger partial charge in [0.2, 0.25) is 11.8 Å². The Morgan fingerprint density at radius 2 is 1.27 bits per heavy atom. The van der Waals surface area contributed by atoms with E-state index in [0.717, 1.165) is 25.7 Å². The molecule has 4 aromatic rings. The number of carbonyl (C=O) groups is 1. The number of benzene rings is 2. The fraction of sp³-hybridized carbons (Fsp3) is 0.452. The normalized spacial score (nSPS) is 14.6. The summed E-state index contributed by atoms with van der Waals surface area (Å²) in [6, 6.07) is 6.17. The van der Waals surface area contributed by atoms with Crippen molar-refractivity contribution in [2.45, 2.75) is 63.9 Å². The summed E-state index contributed by atoms with van der Waals surface area (Å²) in [4.78, 5) is 29.0. The number of nitrogens with zero attached hydrogens (tertiary/aromatic N) is 4. The standard InChI is InChI=1S/C18H20BrFN2O4.C13H12BrFN2O2/c1-18(2,3)26-17(23)25-7-6-24-16-12-8-11(19)9-13(20)14(12)21-15(22-16)10-4-5-10;14-8-5-9-11(10(15)6-8)16-12(7-1-2-7)17-13(9)19-4-3-18/h8-10H,4-7H2,1-3H3;5-7,18H,1-4H2. The summed E-state index contributed by atoms with van der Waals surface area (Å²) in [6.07, 6.45) is 3.28. The minimum atomic E-state index is -0.763. The second-order valence-corrected chi connectivity index (χ2v) is 13.5. The number of carbonyl (C=O) groups excluding carboxylic acids is 1. The van der Waals surface area contributed by atoms with E-state index in [1.807, 2.05) is 0 Å². The molecule has 45 heavy (non-hydrogen) atoms. The molecular weight excluding hydrogens is 722 g/mol. The van der Waals surface area contributed by atoms with Gasteiger partial charge in [0.25, 0.3) is 0 Å². The molecule has 0 aliphatic heterocycles. The van der Waals surface area contributed by atoms with Crippen LogP contribution in [-0.2, 0) is 9.47 Å². The predicted octanol–water partition coefficient (Wildman–Crippen LogP) is 7.52. The molecule has 0 bridgehead atoms. The van der Waals surface area contributed by atoms with E-state index in [9.17, 15) is 13.6 Å². The maximum atomic E-state index is 14.3. The minimum Gasteiger partial charge on any atom is -0.475 e. The van der Waals surface area contributed by atoms with Gasteiger partial charge in [-0.15, -0.1) is 0 Å². The monoisotopic (exact) mass is 752 g/mol. The van der Waals surface area contributed by atoms with E-state index in [1.54, 1.807) is 32.9 Å². The maximum absolute atomic E-state index is 14.3. The average Bonchev–Trinajstić information content (AvgIpc) is 3.87. The number of fused-ring (bicyclic) bond motifs is 2. The molecule has 2 fully saturated rings. The minimum absolute atomic E-state index is 0.00431. The summed E-state index contributed by atoms with van der Waals surface area (Å²) in [5, 5.41) is 9.84. The first-order valence-corrected chi connectivity index (χ1v) is 16.1. The molecule has 2 saturated carbocycles. The van der Waals surface area contributed by atoms with Gasteiger partial charge in [0.15, 0.2) is 11.6 Å². The second-order valence-electron chi connectivity index (χ2n) is 11.6. The van der Waals surface area contributed by atoms with E-state index in [4.69, 9.17) is 24.1 Å². The Morgan fingerprint density at radius 3 is 1.69 bits per heavy atom. The molecule has 2 aliphatic rings. The number of halogens is 4. The zero-order chi connectivity index (χ0) is 32.3. The molecule has 0 spiro atoms. The number of hydrogen-bond acceptors (Lipinski definition) is 10. The highest BCUT2D eigenvalue weighted by molar-refractivity contribution is 9.10. The number of aliphatic hydroxyl groups excluding tert-OH is 1. The molecule has 0 saturated heterocycles. The van der Waals surface area contributed by atoms with Gasteiger partial charge in [-0.3, -0.25) is 0 Å². The van der Waals surface area contributed by atoms with Crippen LogP contribution in [-0.4, -0.2) is 63.2 Å². The Hall–Kier alpha value is -3.23. The number of aliphatic hydroxyl groups is 1. The van der Waals surface area contributed by atoms with Crippen LogP contribution < -0.4 is 9.47 Å². The number of hydrogen-bond donors (Lipinski definition) is 1. The summed E-state index contributed by atoms with van der Waals surface area (Å²) in [5.74, 6) is 1.55. The largest absolute Gasteiger partial charge is 0.508 e. The first kappa shape index (κ1) is 33.1. The quantitative estimate of drug-likeness (QED) is 0.136. The first-order chi connectivity index (χ1) is 21.4. The molecule has 2 aromatic heterocycles. The lowest BCUT2D eigenvalue weighted by molar-refractivity contribution is -0.0115. The Kier molecular flexibility index (Phi) is 10.3. The Labute approximate surface area is 275 Å². The van der Waals surface area contributed by atoms with Crippen LogP contribution in [0.3, 0.4) is 0 Å². The molecule has 2 heterocycles. The van der Waals surface area contributed by atoms with Gasteiger partial charge in [0, 0.05) is 20.8 Å². The summed E-state index contributed by atoms with van der Waals surface area (Å²) in [7, 11) is 0.